The molecule has 0 aliphatic carbocycles. The molecule has 0 radical (unpaired) electrons. The number of aryl methyl sites for hydroxylation is 1. The number of fused-ring (bicyclic) bond motifs is 2. The predicted molar refractivity (Wildman–Crippen MR) is 106 cm³/mol. The summed E-state index contributed by atoms with van der Waals surface area (Å²) in [7, 11) is 0. The highest BCUT2D eigenvalue weighted by Gasteiger charge is 2.41. The first-order valence-corrected chi connectivity index (χ1v) is 9.93. The molecule has 2 N–H and O–H groups in total. The largest absolute Gasteiger partial charge is 0.444 e. The van der Waals surface area contributed by atoms with Crippen LogP contribution in [0.3, 0.4) is 0 Å². The Morgan fingerprint density at radius 3 is 2.81 bits per heavy atom. The van der Waals surface area contributed by atoms with Gasteiger partial charge in [0.15, 0.2) is 5.96 Å². The van der Waals surface area contributed by atoms with Gasteiger partial charge in [0, 0.05) is 25.1 Å². The number of oxazole rings is 1. The summed E-state index contributed by atoms with van der Waals surface area (Å²) in [6.45, 7) is 5.66. The molecule has 2 saturated heterocycles. The van der Waals surface area contributed by atoms with Gasteiger partial charge in [0.1, 0.15) is 6.26 Å². The maximum Gasteiger partial charge on any atom is 0.226 e. The Hall–Kier alpha value is -2.34. The second-order valence-corrected chi connectivity index (χ2v) is 7.38. The molecule has 3 unspecified atom stereocenters. The second-order valence-electron chi connectivity index (χ2n) is 7.38. The van der Waals surface area contributed by atoms with Crippen LogP contribution in [0.2, 0.25) is 0 Å². The third-order valence-corrected chi connectivity index (χ3v) is 5.26. The lowest BCUT2D eigenvalue weighted by molar-refractivity contribution is 0.0992. The highest BCUT2D eigenvalue weighted by molar-refractivity contribution is 5.80. The molecule has 1 aromatic heterocycles. The van der Waals surface area contributed by atoms with Crippen molar-refractivity contribution in [2.45, 2.75) is 57.8 Å². The third kappa shape index (κ3) is 4.33. The van der Waals surface area contributed by atoms with Crippen LogP contribution in [-0.4, -0.2) is 42.3 Å². The minimum absolute atomic E-state index is 0.339. The molecule has 0 saturated carbocycles. The topological polar surface area (TPSA) is 71.7 Å². The van der Waals surface area contributed by atoms with E-state index in [1.807, 2.05) is 12.1 Å². The van der Waals surface area contributed by atoms with Gasteiger partial charge in [0.05, 0.1) is 23.9 Å². The van der Waals surface area contributed by atoms with Gasteiger partial charge in [-0.3, -0.25) is 4.99 Å². The average molecular weight is 368 g/mol. The standard InChI is InChI=1S/C21H28N4O2/c1-3-22-21(25-18-12-17-8-9-19(18)27-17)23-11-10-16-13-26-20(24-16)15-6-4-14(2)5-7-15/h4-7,13,17-19H,3,8-12H2,1-2H3,(H2,22,23,25). The number of benzene rings is 1. The SMILES string of the molecule is CCNC(=NCCc1coc(-c2ccc(C)cc2)n1)NC1CC2CCC1O2. The number of guanidine groups is 1. The van der Waals surface area contributed by atoms with Crippen LogP contribution >= 0.6 is 0 Å². The maximum absolute atomic E-state index is 5.92. The molecule has 6 heteroatoms. The predicted octanol–water partition coefficient (Wildman–Crippen LogP) is 3.07. The normalized spacial score (nSPS) is 24.4. The van der Waals surface area contributed by atoms with Gasteiger partial charge in [-0.15, -0.1) is 0 Å². The summed E-state index contributed by atoms with van der Waals surface area (Å²) in [5.41, 5.74) is 3.15. The molecule has 2 aliphatic heterocycles. The minimum atomic E-state index is 0.339. The first-order valence-electron chi connectivity index (χ1n) is 9.93. The molecule has 2 fully saturated rings. The fourth-order valence-corrected chi connectivity index (χ4v) is 3.82. The first kappa shape index (κ1) is 18.0. The van der Waals surface area contributed by atoms with Gasteiger partial charge in [-0.2, -0.15) is 0 Å². The number of aliphatic imine (C=N–C) groups is 1. The van der Waals surface area contributed by atoms with Crippen molar-refractivity contribution in [1.82, 2.24) is 15.6 Å². The van der Waals surface area contributed by atoms with Crippen molar-refractivity contribution in [2.75, 3.05) is 13.1 Å². The summed E-state index contributed by atoms with van der Waals surface area (Å²) < 4.78 is 11.6. The molecular formula is C21H28N4O2. The summed E-state index contributed by atoms with van der Waals surface area (Å²) in [6, 6.07) is 8.58. The maximum atomic E-state index is 5.92. The Morgan fingerprint density at radius 2 is 2.11 bits per heavy atom. The number of hydrogen-bond acceptors (Lipinski definition) is 4. The summed E-state index contributed by atoms with van der Waals surface area (Å²) in [5.74, 6) is 1.53. The molecule has 2 aliphatic rings. The number of hydrogen-bond donors (Lipinski definition) is 2. The smallest absolute Gasteiger partial charge is 0.226 e. The van der Waals surface area contributed by atoms with Crippen LogP contribution in [0.5, 0.6) is 0 Å². The van der Waals surface area contributed by atoms with E-state index in [-0.39, 0.29) is 0 Å². The van der Waals surface area contributed by atoms with Gasteiger partial charge in [-0.25, -0.2) is 4.98 Å². The van der Waals surface area contributed by atoms with Crippen molar-refractivity contribution in [3.05, 3.63) is 41.8 Å². The van der Waals surface area contributed by atoms with Crippen LogP contribution in [0.25, 0.3) is 11.5 Å². The first-order chi connectivity index (χ1) is 13.2. The number of rotatable bonds is 6. The highest BCUT2D eigenvalue weighted by atomic mass is 16.5. The van der Waals surface area contributed by atoms with E-state index in [0.29, 0.717) is 30.7 Å². The van der Waals surface area contributed by atoms with Crippen molar-refractivity contribution >= 4 is 5.96 Å². The summed E-state index contributed by atoms with van der Waals surface area (Å²) >= 11 is 0. The number of ether oxygens (including phenoxy) is 1. The zero-order valence-corrected chi connectivity index (χ0v) is 16.1. The van der Waals surface area contributed by atoms with Crippen LogP contribution < -0.4 is 10.6 Å². The van der Waals surface area contributed by atoms with Gasteiger partial charge in [-0.05, 0) is 45.2 Å². The van der Waals surface area contributed by atoms with Crippen molar-refractivity contribution in [1.29, 1.82) is 0 Å². The number of nitrogens with one attached hydrogen (secondary N) is 2. The van der Waals surface area contributed by atoms with Crippen molar-refractivity contribution in [3.8, 4) is 11.5 Å². The van der Waals surface area contributed by atoms with Crippen LogP contribution in [0.1, 0.15) is 37.4 Å². The number of nitrogens with zero attached hydrogens (tertiary/aromatic N) is 2. The molecule has 0 amide bonds. The Kier molecular flexibility index (Phi) is 5.43. The van der Waals surface area contributed by atoms with Gasteiger partial charge in [-0.1, -0.05) is 17.7 Å². The fourth-order valence-electron chi connectivity index (χ4n) is 3.82. The van der Waals surface area contributed by atoms with Crippen molar-refractivity contribution < 1.29 is 9.15 Å². The summed E-state index contributed by atoms with van der Waals surface area (Å²) in [4.78, 5) is 9.30. The average Bonchev–Trinajstić information content (AvgIpc) is 3.39. The van der Waals surface area contributed by atoms with E-state index in [1.54, 1.807) is 6.26 Å². The summed E-state index contributed by atoms with van der Waals surface area (Å²) in [5, 5.41) is 6.87. The van der Waals surface area contributed by atoms with E-state index in [4.69, 9.17) is 14.1 Å². The lowest BCUT2D eigenvalue weighted by Gasteiger charge is -2.22. The van der Waals surface area contributed by atoms with E-state index < -0.39 is 0 Å². The quantitative estimate of drug-likeness (QED) is 0.606. The molecule has 144 valence electrons. The molecule has 0 spiro atoms. The molecule has 2 aromatic rings. The van der Waals surface area contributed by atoms with E-state index in [1.165, 1.54) is 12.0 Å². The van der Waals surface area contributed by atoms with E-state index in [9.17, 15) is 0 Å². The second kappa shape index (κ2) is 8.13. The molecule has 4 rings (SSSR count). The molecule has 1 aromatic carbocycles. The lowest BCUT2D eigenvalue weighted by atomic mass is 9.96. The molecule has 2 bridgehead atoms. The zero-order valence-electron chi connectivity index (χ0n) is 16.1. The van der Waals surface area contributed by atoms with Crippen LogP contribution in [0.15, 0.2) is 39.9 Å². The Balaban J connectivity index is 1.33. The third-order valence-electron chi connectivity index (χ3n) is 5.26. The van der Waals surface area contributed by atoms with E-state index in [0.717, 1.165) is 43.0 Å². The van der Waals surface area contributed by atoms with Gasteiger partial charge in [0.25, 0.3) is 0 Å². The van der Waals surface area contributed by atoms with Crippen molar-refractivity contribution in [2.24, 2.45) is 4.99 Å². The molecular weight excluding hydrogens is 340 g/mol. The fraction of sp³-hybridized carbons (Fsp3) is 0.524. The number of aromatic nitrogens is 1. The Bertz CT molecular complexity index is 784. The molecule has 27 heavy (non-hydrogen) atoms. The van der Waals surface area contributed by atoms with E-state index >= 15 is 0 Å². The van der Waals surface area contributed by atoms with Crippen LogP contribution in [-0.2, 0) is 11.2 Å². The van der Waals surface area contributed by atoms with Crippen molar-refractivity contribution in [3.63, 3.8) is 0 Å². The van der Waals surface area contributed by atoms with Crippen LogP contribution in [0.4, 0.5) is 0 Å². The minimum Gasteiger partial charge on any atom is -0.444 e. The highest BCUT2D eigenvalue weighted by Crippen LogP contribution is 2.34. The molecule has 3 atom stereocenters. The van der Waals surface area contributed by atoms with Gasteiger partial charge in [0.2, 0.25) is 5.89 Å². The monoisotopic (exact) mass is 368 g/mol. The lowest BCUT2D eigenvalue weighted by Crippen LogP contribution is -2.47. The Labute approximate surface area is 160 Å². The van der Waals surface area contributed by atoms with Gasteiger partial charge < -0.3 is 19.8 Å². The van der Waals surface area contributed by atoms with E-state index in [2.05, 4.69) is 41.6 Å². The molecule has 3 heterocycles. The van der Waals surface area contributed by atoms with Gasteiger partial charge >= 0.3 is 0 Å². The molecule has 6 nitrogen and oxygen atoms in total. The van der Waals surface area contributed by atoms with Crippen LogP contribution in [0, 0.1) is 6.92 Å². The summed E-state index contributed by atoms with van der Waals surface area (Å²) in [6.07, 6.45) is 6.69. The Morgan fingerprint density at radius 1 is 1.26 bits per heavy atom. The zero-order chi connectivity index (χ0) is 18.6.